The van der Waals surface area contributed by atoms with Gasteiger partial charge in [0.2, 0.25) is 0 Å². The van der Waals surface area contributed by atoms with Gasteiger partial charge in [0.25, 0.3) is 5.88 Å². The second kappa shape index (κ2) is 5.76. The van der Waals surface area contributed by atoms with E-state index in [4.69, 9.17) is 21.4 Å². The third kappa shape index (κ3) is 3.26. The highest BCUT2D eigenvalue weighted by molar-refractivity contribution is 6.32. The standard InChI is InChI=1S/C13H9ClN2O5/c1-7-2-4-10(16(19)20)12(15-7)21-11-5-3-8(13(17)18)6-9(11)14/h2-6H,1H3,(H,17,18). The fraction of sp³-hybridized carbons (Fsp3) is 0.0769. The Balaban J connectivity index is 2.40. The molecule has 7 nitrogen and oxygen atoms in total. The van der Waals surface area contributed by atoms with Gasteiger partial charge in [0.05, 0.1) is 15.5 Å². The van der Waals surface area contributed by atoms with E-state index in [-0.39, 0.29) is 27.9 Å². The number of nitro groups is 1. The molecule has 0 spiro atoms. The van der Waals surface area contributed by atoms with Crippen molar-refractivity contribution in [3.05, 3.63) is 56.7 Å². The van der Waals surface area contributed by atoms with Gasteiger partial charge >= 0.3 is 11.7 Å². The lowest BCUT2D eigenvalue weighted by Crippen LogP contribution is -1.99. The van der Waals surface area contributed by atoms with Crippen LogP contribution in [-0.4, -0.2) is 21.0 Å². The number of hydrogen-bond donors (Lipinski definition) is 1. The van der Waals surface area contributed by atoms with Gasteiger partial charge in [0.1, 0.15) is 5.75 Å². The predicted octanol–water partition coefficient (Wildman–Crippen LogP) is 3.44. The monoisotopic (exact) mass is 308 g/mol. The van der Waals surface area contributed by atoms with E-state index in [0.29, 0.717) is 5.69 Å². The van der Waals surface area contributed by atoms with E-state index >= 15 is 0 Å². The first-order valence-corrected chi connectivity index (χ1v) is 6.09. The molecule has 2 rings (SSSR count). The molecule has 0 radical (unpaired) electrons. The minimum absolute atomic E-state index is 0.0148. The van der Waals surface area contributed by atoms with E-state index in [0.717, 1.165) is 0 Å². The number of aromatic carboxylic acids is 1. The fourth-order valence-electron chi connectivity index (χ4n) is 1.56. The summed E-state index contributed by atoms with van der Waals surface area (Å²) in [7, 11) is 0. The normalized spacial score (nSPS) is 10.2. The summed E-state index contributed by atoms with van der Waals surface area (Å²) in [6, 6.07) is 6.56. The molecular weight excluding hydrogens is 300 g/mol. The van der Waals surface area contributed by atoms with Gasteiger partial charge in [0.15, 0.2) is 0 Å². The Labute approximate surface area is 123 Å². The Morgan fingerprint density at radius 3 is 2.67 bits per heavy atom. The molecule has 0 aliphatic carbocycles. The Bertz CT molecular complexity index is 732. The summed E-state index contributed by atoms with van der Waals surface area (Å²) in [6.07, 6.45) is 0. The van der Waals surface area contributed by atoms with E-state index in [2.05, 4.69) is 4.98 Å². The van der Waals surface area contributed by atoms with Crippen LogP contribution in [-0.2, 0) is 0 Å². The molecule has 0 bridgehead atoms. The molecule has 0 aliphatic heterocycles. The van der Waals surface area contributed by atoms with Crippen LogP contribution in [0, 0.1) is 17.0 Å². The largest absolute Gasteiger partial charge is 0.478 e. The maximum Gasteiger partial charge on any atom is 0.335 e. The van der Waals surface area contributed by atoms with Crippen LogP contribution < -0.4 is 4.74 Å². The number of pyridine rings is 1. The smallest absolute Gasteiger partial charge is 0.335 e. The Hall–Kier alpha value is -2.67. The van der Waals surface area contributed by atoms with Crippen LogP contribution in [0.1, 0.15) is 16.1 Å². The zero-order valence-electron chi connectivity index (χ0n) is 10.7. The van der Waals surface area contributed by atoms with Gasteiger partial charge in [-0.1, -0.05) is 11.6 Å². The van der Waals surface area contributed by atoms with Gasteiger partial charge < -0.3 is 9.84 Å². The van der Waals surface area contributed by atoms with Crippen LogP contribution in [0.2, 0.25) is 5.02 Å². The molecule has 8 heteroatoms. The molecule has 0 aliphatic rings. The van der Waals surface area contributed by atoms with E-state index in [1.165, 1.54) is 30.3 Å². The summed E-state index contributed by atoms with van der Waals surface area (Å²) in [6.45, 7) is 1.66. The number of hydrogen-bond acceptors (Lipinski definition) is 5. The van der Waals surface area contributed by atoms with Crippen LogP contribution in [0.5, 0.6) is 11.6 Å². The van der Waals surface area contributed by atoms with Crippen LogP contribution in [0.25, 0.3) is 0 Å². The third-order valence-corrected chi connectivity index (χ3v) is 2.86. The minimum atomic E-state index is -1.14. The fourth-order valence-corrected chi connectivity index (χ4v) is 1.78. The van der Waals surface area contributed by atoms with Crippen molar-refractivity contribution in [1.29, 1.82) is 0 Å². The van der Waals surface area contributed by atoms with Gasteiger partial charge in [-0.3, -0.25) is 10.1 Å². The maximum absolute atomic E-state index is 10.9. The first kappa shape index (κ1) is 14.7. The second-order valence-electron chi connectivity index (χ2n) is 4.09. The number of nitrogens with zero attached hydrogens (tertiary/aromatic N) is 2. The lowest BCUT2D eigenvalue weighted by atomic mass is 10.2. The van der Waals surface area contributed by atoms with Crippen molar-refractivity contribution in [3.8, 4) is 11.6 Å². The average Bonchev–Trinajstić information content (AvgIpc) is 2.40. The number of ether oxygens (including phenoxy) is 1. The van der Waals surface area contributed by atoms with Crippen LogP contribution in [0.4, 0.5) is 5.69 Å². The molecule has 21 heavy (non-hydrogen) atoms. The van der Waals surface area contributed by atoms with Gasteiger partial charge in [-0.25, -0.2) is 9.78 Å². The summed E-state index contributed by atoms with van der Waals surface area (Å²) in [5.41, 5.74) is 0.215. The molecular formula is C13H9ClN2O5. The Morgan fingerprint density at radius 2 is 2.10 bits per heavy atom. The zero-order valence-corrected chi connectivity index (χ0v) is 11.5. The van der Waals surface area contributed by atoms with Crippen LogP contribution in [0.15, 0.2) is 30.3 Å². The summed E-state index contributed by atoms with van der Waals surface area (Å²) in [5.74, 6) is -1.25. The average molecular weight is 309 g/mol. The minimum Gasteiger partial charge on any atom is -0.478 e. The van der Waals surface area contributed by atoms with E-state index in [9.17, 15) is 14.9 Å². The Kier molecular flexibility index (Phi) is 4.04. The second-order valence-corrected chi connectivity index (χ2v) is 4.49. The molecule has 0 atom stereocenters. The van der Waals surface area contributed by atoms with E-state index in [1.807, 2.05) is 0 Å². The summed E-state index contributed by atoms with van der Waals surface area (Å²) >= 11 is 5.91. The SMILES string of the molecule is Cc1ccc([N+](=O)[O-])c(Oc2ccc(C(=O)O)cc2Cl)n1. The topological polar surface area (TPSA) is 103 Å². The number of halogens is 1. The molecule has 1 heterocycles. The quantitative estimate of drug-likeness (QED) is 0.685. The molecule has 0 saturated heterocycles. The molecule has 0 unspecified atom stereocenters. The number of carbonyl (C=O) groups is 1. The summed E-state index contributed by atoms with van der Waals surface area (Å²) < 4.78 is 5.34. The van der Waals surface area contributed by atoms with Crippen molar-refractivity contribution in [1.82, 2.24) is 4.98 Å². The lowest BCUT2D eigenvalue weighted by molar-refractivity contribution is -0.386. The van der Waals surface area contributed by atoms with E-state index in [1.54, 1.807) is 6.92 Å². The molecule has 1 aromatic carbocycles. The molecule has 1 aromatic heterocycles. The number of aromatic nitrogens is 1. The van der Waals surface area contributed by atoms with Gasteiger partial charge in [-0.15, -0.1) is 0 Å². The summed E-state index contributed by atoms with van der Waals surface area (Å²) in [5, 5.41) is 19.8. The van der Waals surface area contributed by atoms with Crippen molar-refractivity contribution in [2.75, 3.05) is 0 Å². The highest BCUT2D eigenvalue weighted by Gasteiger charge is 2.19. The van der Waals surface area contributed by atoms with Gasteiger partial charge in [-0.2, -0.15) is 0 Å². The summed E-state index contributed by atoms with van der Waals surface area (Å²) in [4.78, 5) is 25.1. The van der Waals surface area contributed by atoms with Crippen molar-refractivity contribution in [2.24, 2.45) is 0 Å². The van der Waals surface area contributed by atoms with E-state index < -0.39 is 10.9 Å². The van der Waals surface area contributed by atoms with Crippen molar-refractivity contribution in [2.45, 2.75) is 6.92 Å². The third-order valence-electron chi connectivity index (χ3n) is 2.56. The number of benzene rings is 1. The van der Waals surface area contributed by atoms with Gasteiger partial charge in [0, 0.05) is 11.8 Å². The van der Waals surface area contributed by atoms with Crippen LogP contribution in [0.3, 0.4) is 0 Å². The first-order chi connectivity index (χ1) is 9.88. The maximum atomic E-state index is 10.9. The molecule has 0 amide bonds. The number of aryl methyl sites for hydroxylation is 1. The van der Waals surface area contributed by atoms with Crippen LogP contribution >= 0.6 is 11.6 Å². The number of carboxylic acid groups (broad SMARTS) is 1. The lowest BCUT2D eigenvalue weighted by Gasteiger charge is -2.08. The highest BCUT2D eigenvalue weighted by atomic mass is 35.5. The highest BCUT2D eigenvalue weighted by Crippen LogP contribution is 2.33. The van der Waals surface area contributed by atoms with Crippen molar-refractivity contribution in [3.63, 3.8) is 0 Å². The molecule has 2 aromatic rings. The predicted molar refractivity (Wildman–Crippen MR) is 74.1 cm³/mol. The molecule has 0 fully saturated rings. The molecule has 0 saturated carbocycles. The Morgan fingerprint density at radius 1 is 1.38 bits per heavy atom. The number of rotatable bonds is 4. The first-order valence-electron chi connectivity index (χ1n) is 5.71. The number of carboxylic acids is 1. The molecule has 1 N–H and O–H groups in total. The zero-order chi connectivity index (χ0) is 15.6. The van der Waals surface area contributed by atoms with Gasteiger partial charge in [-0.05, 0) is 31.2 Å². The molecule has 108 valence electrons. The van der Waals surface area contributed by atoms with Crippen molar-refractivity contribution >= 4 is 23.3 Å². The van der Waals surface area contributed by atoms with Crippen molar-refractivity contribution < 1.29 is 19.6 Å².